The van der Waals surface area contributed by atoms with Crippen molar-refractivity contribution in [1.82, 2.24) is 4.98 Å². The molecule has 0 N–H and O–H groups in total. The van der Waals surface area contributed by atoms with Crippen molar-refractivity contribution in [2.45, 2.75) is 20.8 Å². The van der Waals surface area contributed by atoms with E-state index in [0.717, 1.165) is 11.4 Å². The highest BCUT2D eigenvalue weighted by atomic mass is 31.2. The zero-order valence-electron chi connectivity index (χ0n) is 11.1. The van der Waals surface area contributed by atoms with E-state index in [9.17, 15) is 4.57 Å². The normalized spacial score (nSPS) is 12.2. The lowest BCUT2D eigenvalue weighted by molar-refractivity contribution is 0.222. The Hall–Kier alpha value is -0.960. The second-order valence-electron chi connectivity index (χ2n) is 3.74. The smallest absolute Gasteiger partial charge is 0.309 e. The minimum absolute atomic E-state index is 0.268. The summed E-state index contributed by atoms with van der Waals surface area (Å²) in [6, 6.07) is 5.77. The van der Waals surface area contributed by atoms with E-state index in [4.69, 9.17) is 9.05 Å². The van der Waals surface area contributed by atoms with Gasteiger partial charge in [0.25, 0.3) is 0 Å². The summed E-state index contributed by atoms with van der Waals surface area (Å²) >= 11 is 0. The van der Waals surface area contributed by atoms with Gasteiger partial charge >= 0.3 is 7.60 Å². The summed E-state index contributed by atoms with van der Waals surface area (Å²) in [4.78, 5) is 4.33. The highest BCUT2D eigenvalue weighted by molar-refractivity contribution is 7.54. The van der Waals surface area contributed by atoms with Gasteiger partial charge in [0.2, 0.25) is 0 Å². The van der Waals surface area contributed by atoms with Crippen LogP contribution in [-0.2, 0) is 13.6 Å². The fourth-order valence-corrected chi connectivity index (χ4v) is 2.93. The fraction of sp³-hybridized carbons (Fsp3) is 0.462. The van der Waals surface area contributed by atoms with Crippen LogP contribution in [0.4, 0.5) is 0 Å². The molecular weight excluding hydrogens is 249 g/mol. The van der Waals surface area contributed by atoms with Crippen LogP contribution in [0.2, 0.25) is 0 Å². The molecule has 0 aliphatic heterocycles. The van der Waals surface area contributed by atoms with E-state index < -0.39 is 7.60 Å². The highest BCUT2D eigenvalue weighted by Crippen LogP contribution is 2.47. The summed E-state index contributed by atoms with van der Waals surface area (Å²) in [6.07, 6.45) is 3.88. The molecule has 1 aromatic rings. The van der Waals surface area contributed by atoms with Crippen molar-refractivity contribution < 1.29 is 13.6 Å². The van der Waals surface area contributed by atoms with Crippen LogP contribution >= 0.6 is 7.60 Å². The van der Waals surface area contributed by atoms with Crippen molar-refractivity contribution in [1.29, 1.82) is 0 Å². The molecule has 0 saturated carbocycles. The standard InChI is InChI=1S/C13H20NO3P/c1-4-16-18(15,17-5-2)11-7-10-13-9-6-8-12(3)14-13/h6-10H,4-5,11H2,1-3H3/b10-7+. The molecule has 1 heterocycles. The van der Waals surface area contributed by atoms with E-state index in [2.05, 4.69) is 4.98 Å². The molecule has 0 unspecified atom stereocenters. The first-order valence-corrected chi connectivity index (χ1v) is 7.80. The molecule has 100 valence electrons. The van der Waals surface area contributed by atoms with Crippen molar-refractivity contribution in [3.05, 3.63) is 35.7 Å². The summed E-state index contributed by atoms with van der Waals surface area (Å²) < 4.78 is 22.5. The van der Waals surface area contributed by atoms with Crippen LogP contribution < -0.4 is 0 Å². The molecule has 0 atom stereocenters. The summed E-state index contributed by atoms with van der Waals surface area (Å²) in [5.41, 5.74) is 1.80. The van der Waals surface area contributed by atoms with Crippen molar-refractivity contribution in [3.8, 4) is 0 Å². The number of aromatic nitrogens is 1. The third kappa shape index (κ3) is 5.13. The van der Waals surface area contributed by atoms with Crippen LogP contribution in [0.25, 0.3) is 6.08 Å². The maximum atomic E-state index is 12.2. The molecule has 0 bridgehead atoms. The van der Waals surface area contributed by atoms with Crippen LogP contribution in [0, 0.1) is 6.92 Å². The van der Waals surface area contributed by atoms with Crippen LogP contribution in [0.5, 0.6) is 0 Å². The number of nitrogens with zero attached hydrogens (tertiary/aromatic N) is 1. The number of allylic oxidation sites excluding steroid dienone is 1. The summed E-state index contributed by atoms with van der Waals surface area (Å²) in [6.45, 7) is 6.30. The predicted molar refractivity (Wildman–Crippen MR) is 73.7 cm³/mol. The second-order valence-corrected chi connectivity index (χ2v) is 5.84. The lowest BCUT2D eigenvalue weighted by atomic mass is 10.3. The Labute approximate surface area is 109 Å². The first-order chi connectivity index (χ1) is 8.59. The molecule has 0 saturated heterocycles. The summed E-state index contributed by atoms with van der Waals surface area (Å²) in [7, 11) is -2.98. The maximum absolute atomic E-state index is 12.2. The quantitative estimate of drug-likeness (QED) is 0.709. The number of rotatable bonds is 7. The Morgan fingerprint density at radius 3 is 2.50 bits per heavy atom. The van der Waals surface area contributed by atoms with E-state index >= 15 is 0 Å². The van der Waals surface area contributed by atoms with Gasteiger partial charge in [-0.05, 0) is 39.0 Å². The molecule has 0 aromatic carbocycles. The average Bonchev–Trinajstić information content (AvgIpc) is 2.29. The van der Waals surface area contributed by atoms with Gasteiger partial charge in [-0.25, -0.2) is 0 Å². The van der Waals surface area contributed by atoms with Gasteiger partial charge in [0.05, 0.1) is 25.1 Å². The largest absolute Gasteiger partial charge is 0.334 e. The minimum atomic E-state index is -2.98. The second kappa shape index (κ2) is 7.47. The van der Waals surface area contributed by atoms with E-state index in [-0.39, 0.29) is 6.16 Å². The molecule has 5 heteroatoms. The summed E-state index contributed by atoms with van der Waals surface area (Å²) in [5.74, 6) is 0. The number of aryl methyl sites for hydroxylation is 1. The molecule has 4 nitrogen and oxygen atoms in total. The first kappa shape index (κ1) is 15.1. The predicted octanol–water partition coefficient (Wildman–Crippen LogP) is 3.67. The molecule has 0 aliphatic rings. The van der Waals surface area contributed by atoms with Crippen LogP contribution in [0.15, 0.2) is 24.3 Å². The Kier molecular flexibility index (Phi) is 6.27. The number of pyridine rings is 1. The summed E-state index contributed by atoms with van der Waals surface area (Å²) in [5, 5.41) is 0. The van der Waals surface area contributed by atoms with Gasteiger partial charge in [0.1, 0.15) is 0 Å². The first-order valence-electron chi connectivity index (χ1n) is 6.08. The Morgan fingerprint density at radius 2 is 1.94 bits per heavy atom. The van der Waals surface area contributed by atoms with Crippen molar-refractivity contribution in [2.24, 2.45) is 0 Å². The molecule has 1 aromatic heterocycles. The third-order valence-corrected chi connectivity index (χ3v) is 4.14. The molecule has 0 aliphatic carbocycles. The van der Waals surface area contributed by atoms with Crippen molar-refractivity contribution >= 4 is 13.7 Å². The van der Waals surface area contributed by atoms with Crippen LogP contribution in [0.3, 0.4) is 0 Å². The zero-order chi connectivity index (χ0) is 13.4. The van der Waals surface area contributed by atoms with E-state index in [1.54, 1.807) is 19.9 Å². The van der Waals surface area contributed by atoms with Crippen molar-refractivity contribution in [2.75, 3.05) is 19.4 Å². The lowest BCUT2D eigenvalue weighted by Crippen LogP contribution is -1.98. The van der Waals surface area contributed by atoms with Gasteiger partial charge in [-0.2, -0.15) is 0 Å². The highest BCUT2D eigenvalue weighted by Gasteiger charge is 2.20. The minimum Gasteiger partial charge on any atom is -0.309 e. The molecule has 18 heavy (non-hydrogen) atoms. The van der Waals surface area contributed by atoms with Gasteiger partial charge < -0.3 is 9.05 Å². The van der Waals surface area contributed by atoms with E-state index in [1.807, 2.05) is 31.2 Å². The fourth-order valence-electron chi connectivity index (χ4n) is 1.50. The molecule has 0 spiro atoms. The molecule has 0 fully saturated rings. The Bertz CT molecular complexity index is 436. The van der Waals surface area contributed by atoms with E-state index in [1.165, 1.54) is 0 Å². The van der Waals surface area contributed by atoms with Gasteiger partial charge in [0.15, 0.2) is 0 Å². The van der Waals surface area contributed by atoms with Gasteiger partial charge in [0, 0.05) is 5.69 Å². The van der Waals surface area contributed by atoms with Crippen molar-refractivity contribution in [3.63, 3.8) is 0 Å². The SMILES string of the molecule is CCOP(=O)(C/C=C/c1cccc(C)n1)OCC. The monoisotopic (exact) mass is 269 g/mol. The molecular formula is C13H20NO3P. The Balaban J connectivity index is 2.64. The van der Waals surface area contributed by atoms with Crippen LogP contribution in [0.1, 0.15) is 25.2 Å². The van der Waals surface area contributed by atoms with Gasteiger partial charge in [-0.1, -0.05) is 12.1 Å². The maximum Gasteiger partial charge on any atom is 0.334 e. The number of hydrogen-bond acceptors (Lipinski definition) is 4. The molecule has 0 radical (unpaired) electrons. The molecule has 0 amide bonds. The van der Waals surface area contributed by atoms with E-state index in [0.29, 0.717) is 13.2 Å². The Morgan fingerprint density at radius 1 is 1.28 bits per heavy atom. The average molecular weight is 269 g/mol. The van der Waals surface area contributed by atoms with Gasteiger partial charge in [-0.15, -0.1) is 0 Å². The lowest BCUT2D eigenvalue weighted by Gasteiger charge is -2.14. The van der Waals surface area contributed by atoms with Crippen LogP contribution in [-0.4, -0.2) is 24.4 Å². The van der Waals surface area contributed by atoms with Gasteiger partial charge in [-0.3, -0.25) is 9.55 Å². The number of hydrogen-bond donors (Lipinski definition) is 0. The third-order valence-electron chi connectivity index (χ3n) is 2.18. The topological polar surface area (TPSA) is 48.4 Å². The molecule has 1 rings (SSSR count). The zero-order valence-corrected chi connectivity index (χ0v) is 12.0.